The van der Waals surface area contributed by atoms with E-state index in [0.29, 0.717) is 0 Å². The van der Waals surface area contributed by atoms with E-state index in [9.17, 15) is 4.79 Å². The van der Waals surface area contributed by atoms with Gasteiger partial charge in [-0.25, -0.2) is 0 Å². The predicted octanol–water partition coefficient (Wildman–Crippen LogP) is 2.32. The van der Waals surface area contributed by atoms with Crippen molar-refractivity contribution in [3.8, 4) is 0 Å². The van der Waals surface area contributed by atoms with Crippen molar-refractivity contribution in [1.82, 2.24) is 10.6 Å². The zero-order chi connectivity index (χ0) is 12.1. The normalized spacial score (nSPS) is 21.4. The van der Waals surface area contributed by atoms with Crippen LogP contribution in [0.4, 0.5) is 0 Å². The third-order valence-corrected chi connectivity index (χ3v) is 4.20. The second kappa shape index (κ2) is 6.17. The van der Waals surface area contributed by atoms with Crippen LogP contribution in [-0.2, 0) is 4.79 Å². The van der Waals surface area contributed by atoms with Gasteiger partial charge in [0.1, 0.15) is 0 Å². The monoisotopic (exact) mass is 252 g/mol. The Balaban J connectivity index is 1.95. The molecule has 2 N–H and O–H groups in total. The molecular weight excluding hydrogens is 232 g/mol. The Labute approximate surface area is 107 Å². The van der Waals surface area contributed by atoms with E-state index >= 15 is 0 Å². The molecule has 1 amide bonds. The molecule has 0 aliphatic carbocycles. The SMILES string of the molecule is CCCC(NC(=O)C1CCNC1)c1cccs1. The maximum Gasteiger partial charge on any atom is 0.224 e. The van der Waals surface area contributed by atoms with Crippen molar-refractivity contribution in [2.45, 2.75) is 32.2 Å². The molecule has 0 saturated carbocycles. The van der Waals surface area contributed by atoms with Gasteiger partial charge in [-0.1, -0.05) is 19.4 Å². The predicted molar refractivity (Wildman–Crippen MR) is 71.1 cm³/mol. The van der Waals surface area contributed by atoms with E-state index in [0.717, 1.165) is 32.4 Å². The lowest BCUT2D eigenvalue weighted by Gasteiger charge is -2.19. The van der Waals surface area contributed by atoms with Crippen LogP contribution >= 0.6 is 11.3 Å². The van der Waals surface area contributed by atoms with Gasteiger partial charge in [0.2, 0.25) is 5.91 Å². The van der Waals surface area contributed by atoms with Crippen LogP contribution in [0.25, 0.3) is 0 Å². The van der Waals surface area contributed by atoms with Crippen LogP contribution in [0, 0.1) is 5.92 Å². The summed E-state index contributed by atoms with van der Waals surface area (Å²) in [5, 5.41) is 8.50. The lowest BCUT2D eigenvalue weighted by atomic mass is 10.1. The number of nitrogens with one attached hydrogen (secondary N) is 2. The summed E-state index contributed by atoms with van der Waals surface area (Å²) in [5.74, 6) is 0.371. The summed E-state index contributed by atoms with van der Waals surface area (Å²) < 4.78 is 0. The highest BCUT2D eigenvalue weighted by molar-refractivity contribution is 7.10. The van der Waals surface area contributed by atoms with Gasteiger partial charge in [0.15, 0.2) is 0 Å². The number of carbonyl (C=O) groups excluding carboxylic acids is 1. The number of hydrogen-bond donors (Lipinski definition) is 2. The summed E-state index contributed by atoms with van der Waals surface area (Å²) in [7, 11) is 0. The van der Waals surface area contributed by atoms with E-state index in [2.05, 4.69) is 29.0 Å². The molecule has 1 saturated heterocycles. The molecule has 2 rings (SSSR count). The van der Waals surface area contributed by atoms with Crippen molar-refractivity contribution in [3.63, 3.8) is 0 Å². The molecule has 2 heterocycles. The van der Waals surface area contributed by atoms with Gasteiger partial charge in [0, 0.05) is 11.4 Å². The number of rotatable bonds is 5. The van der Waals surface area contributed by atoms with Crippen molar-refractivity contribution in [2.75, 3.05) is 13.1 Å². The summed E-state index contributed by atoms with van der Waals surface area (Å²) in [6.45, 7) is 3.95. The Morgan fingerprint density at radius 1 is 1.71 bits per heavy atom. The van der Waals surface area contributed by atoms with Crippen molar-refractivity contribution in [1.29, 1.82) is 0 Å². The van der Waals surface area contributed by atoms with E-state index in [1.807, 2.05) is 6.07 Å². The molecule has 17 heavy (non-hydrogen) atoms. The molecule has 0 aromatic carbocycles. The van der Waals surface area contributed by atoms with Crippen LogP contribution in [0.2, 0.25) is 0 Å². The topological polar surface area (TPSA) is 41.1 Å². The summed E-state index contributed by atoms with van der Waals surface area (Å²) in [6.07, 6.45) is 3.08. The molecule has 3 nitrogen and oxygen atoms in total. The van der Waals surface area contributed by atoms with Gasteiger partial charge in [-0.3, -0.25) is 4.79 Å². The lowest BCUT2D eigenvalue weighted by molar-refractivity contribution is -0.125. The molecule has 1 aromatic rings. The highest BCUT2D eigenvalue weighted by atomic mass is 32.1. The van der Waals surface area contributed by atoms with Crippen LogP contribution in [0.5, 0.6) is 0 Å². The minimum atomic E-state index is 0.161. The molecule has 1 aliphatic rings. The lowest BCUT2D eigenvalue weighted by Crippen LogP contribution is -2.34. The first-order valence-electron chi connectivity index (χ1n) is 6.35. The molecule has 0 bridgehead atoms. The second-order valence-corrected chi connectivity index (χ2v) is 5.53. The molecule has 1 fully saturated rings. The van der Waals surface area contributed by atoms with Gasteiger partial charge >= 0.3 is 0 Å². The zero-order valence-corrected chi connectivity index (χ0v) is 11.1. The van der Waals surface area contributed by atoms with Crippen molar-refractivity contribution < 1.29 is 4.79 Å². The molecule has 1 aliphatic heterocycles. The first kappa shape index (κ1) is 12.6. The van der Waals surface area contributed by atoms with Crippen LogP contribution in [0.1, 0.15) is 37.1 Å². The van der Waals surface area contributed by atoms with Gasteiger partial charge in [0.25, 0.3) is 0 Å². The average Bonchev–Trinajstić information content (AvgIpc) is 3.01. The van der Waals surface area contributed by atoms with Crippen LogP contribution in [0.3, 0.4) is 0 Å². The number of amides is 1. The van der Waals surface area contributed by atoms with Gasteiger partial charge in [-0.2, -0.15) is 0 Å². The number of hydrogen-bond acceptors (Lipinski definition) is 3. The molecule has 94 valence electrons. The first-order valence-corrected chi connectivity index (χ1v) is 7.23. The Morgan fingerprint density at radius 2 is 2.59 bits per heavy atom. The minimum absolute atomic E-state index is 0.161. The molecule has 0 spiro atoms. The number of thiophene rings is 1. The third-order valence-electron chi connectivity index (χ3n) is 3.21. The van der Waals surface area contributed by atoms with Gasteiger partial charge in [-0.15, -0.1) is 11.3 Å². The Morgan fingerprint density at radius 3 is 3.18 bits per heavy atom. The summed E-state index contributed by atoms with van der Waals surface area (Å²) in [4.78, 5) is 13.3. The standard InChI is InChI=1S/C13H20N2OS/c1-2-4-11(12-5-3-8-17-12)15-13(16)10-6-7-14-9-10/h3,5,8,10-11,14H,2,4,6-7,9H2,1H3,(H,15,16). The highest BCUT2D eigenvalue weighted by Crippen LogP contribution is 2.24. The summed E-state index contributed by atoms with van der Waals surface area (Å²) >= 11 is 1.73. The van der Waals surface area contributed by atoms with Crippen molar-refractivity contribution in [2.24, 2.45) is 5.92 Å². The van der Waals surface area contributed by atoms with Crippen LogP contribution in [-0.4, -0.2) is 19.0 Å². The quantitative estimate of drug-likeness (QED) is 0.844. The van der Waals surface area contributed by atoms with E-state index in [4.69, 9.17) is 0 Å². The van der Waals surface area contributed by atoms with E-state index in [-0.39, 0.29) is 17.9 Å². The van der Waals surface area contributed by atoms with Crippen molar-refractivity contribution >= 4 is 17.2 Å². The van der Waals surface area contributed by atoms with Gasteiger partial charge in [0.05, 0.1) is 12.0 Å². The van der Waals surface area contributed by atoms with Crippen molar-refractivity contribution in [3.05, 3.63) is 22.4 Å². The third kappa shape index (κ3) is 3.30. The average molecular weight is 252 g/mol. The molecule has 2 unspecified atom stereocenters. The Bertz CT molecular complexity index is 344. The molecule has 0 radical (unpaired) electrons. The smallest absolute Gasteiger partial charge is 0.224 e. The fourth-order valence-corrected chi connectivity index (χ4v) is 3.04. The van der Waals surface area contributed by atoms with Crippen LogP contribution in [0.15, 0.2) is 17.5 Å². The molecule has 1 aromatic heterocycles. The summed E-state index contributed by atoms with van der Waals surface area (Å²) in [5.41, 5.74) is 0. The molecule has 2 atom stereocenters. The fraction of sp³-hybridized carbons (Fsp3) is 0.615. The fourth-order valence-electron chi connectivity index (χ4n) is 2.23. The van der Waals surface area contributed by atoms with Gasteiger partial charge < -0.3 is 10.6 Å². The number of carbonyl (C=O) groups is 1. The summed E-state index contributed by atoms with van der Waals surface area (Å²) in [6, 6.07) is 4.36. The van der Waals surface area contributed by atoms with Crippen LogP contribution < -0.4 is 10.6 Å². The minimum Gasteiger partial charge on any atom is -0.348 e. The maximum atomic E-state index is 12.1. The van der Waals surface area contributed by atoms with E-state index < -0.39 is 0 Å². The zero-order valence-electron chi connectivity index (χ0n) is 10.2. The highest BCUT2D eigenvalue weighted by Gasteiger charge is 2.24. The van der Waals surface area contributed by atoms with Gasteiger partial charge in [-0.05, 0) is 30.8 Å². The molecular formula is C13H20N2OS. The first-order chi connectivity index (χ1) is 8.31. The second-order valence-electron chi connectivity index (χ2n) is 4.55. The molecule has 4 heteroatoms. The Kier molecular flexibility index (Phi) is 4.57. The van der Waals surface area contributed by atoms with E-state index in [1.54, 1.807) is 11.3 Å². The maximum absolute atomic E-state index is 12.1. The van der Waals surface area contributed by atoms with E-state index in [1.165, 1.54) is 4.88 Å². The largest absolute Gasteiger partial charge is 0.348 e. The Hall–Kier alpha value is -0.870.